The van der Waals surface area contributed by atoms with Gasteiger partial charge in [0.1, 0.15) is 11.9 Å². The Balaban J connectivity index is 2.20. The van der Waals surface area contributed by atoms with Crippen LogP contribution in [-0.4, -0.2) is 4.98 Å². The lowest BCUT2D eigenvalue weighted by atomic mass is 10.1. The van der Waals surface area contributed by atoms with Gasteiger partial charge in [0.2, 0.25) is 0 Å². The number of hydrogen-bond acceptors (Lipinski definition) is 4. The number of anilines is 2. The molecule has 2 aromatic rings. The summed E-state index contributed by atoms with van der Waals surface area (Å²) >= 11 is 0. The molecule has 0 radical (unpaired) electrons. The van der Waals surface area contributed by atoms with E-state index >= 15 is 0 Å². The van der Waals surface area contributed by atoms with Crippen LogP contribution in [0.2, 0.25) is 0 Å². The fourth-order valence-corrected chi connectivity index (χ4v) is 1.79. The van der Waals surface area contributed by atoms with Crippen molar-refractivity contribution >= 4 is 11.5 Å². The van der Waals surface area contributed by atoms with Gasteiger partial charge in [-0.15, -0.1) is 0 Å². The SMILES string of the molecule is N#Cc1nc(NCc2ccccc2C(F)(F)F)ccc1N. The minimum atomic E-state index is -4.41. The maximum Gasteiger partial charge on any atom is 0.416 e. The number of alkyl halides is 3. The fraction of sp³-hybridized carbons (Fsp3) is 0.143. The highest BCUT2D eigenvalue weighted by Crippen LogP contribution is 2.32. The molecule has 7 heteroatoms. The zero-order valence-electron chi connectivity index (χ0n) is 10.8. The van der Waals surface area contributed by atoms with E-state index in [9.17, 15) is 13.2 Å². The molecule has 0 unspecified atom stereocenters. The van der Waals surface area contributed by atoms with Crippen molar-refractivity contribution in [1.82, 2.24) is 4.98 Å². The number of nitriles is 1. The predicted molar refractivity (Wildman–Crippen MR) is 72.1 cm³/mol. The van der Waals surface area contributed by atoms with Crippen molar-refractivity contribution in [3.05, 3.63) is 53.2 Å². The van der Waals surface area contributed by atoms with E-state index in [1.165, 1.54) is 30.3 Å². The van der Waals surface area contributed by atoms with Crippen molar-refractivity contribution in [2.24, 2.45) is 0 Å². The van der Waals surface area contributed by atoms with Crippen molar-refractivity contribution in [2.75, 3.05) is 11.1 Å². The van der Waals surface area contributed by atoms with Crippen LogP contribution < -0.4 is 11.1 Å². The van der Waals surface area contributed by atoms with Gasteiger partial charge >= 0.3 is 6.18 Å². The van der Waals surface area contributed by atoms with Crippen LogP contribution >= 0.6 is 0 Å². The average molecular weight is 292 g/mol. The summed E-state index contributed by atoms with van der Waals surface area (Å²) in [6, 6.07) is 10.1. The predicted octanol–water partition coefficient (Wildman–Crippen LogP) is 3.17. The van der Waals surface area contributed by atoms with Crippen LogP contribution in [0.15, 0.2) is 36.4 Å². The Hall–Kier alpha value is -2.75. The molecule has 0 saturated heterocycles. The number of nitrogens with one attached hydrogen (secondary N) is 1. The van der Waals surface area contributed by atoms with Crippen LogP contribution in [0.5, 0.6) is 0 Å². The second kappa shape index (κ2) is 5.71. The highest BCUT2D eigenvalue weighted by atomic mass is 19.4. The van der Waals surface area contributed by atoms with Crippen molar-refractivity contribution < 1.29 is 13.2 Å². The molecule has 21 heavy (non-hydrogen) atoms. The number of benzene rings is 1. The minimum Gasteiger partial charge on any atom is -0.396 e. The number of nitrogens with zero attached hydrogens (tertiary/aromatic N) is 2. The lowest BCUT2D eigenvalue weighted by molar-refractivity contribution is -0.138. The van der Waals surface area contributed by atoms with Gasteiger partial charge in [0, 0.05) is 6.54 Å². The topological polar surface area (TPSA) is 74.7 Å². The number of nitrogens with two attached hydrogens (primary N) is 1. The number of rotatable bonds is 3. The third-order valence-electron chi connectivity index (χ3n) is 2.82. The Kier molecular flexibility index (Phi) is 3.98. The third-order valence-corrected chi connectivity index (χ3v) is 2.82. The van der Waals surface area contributed by atoms with Crippen LogP contribution in [-0.2, 0) is 12.7 Å². The van der Waals surface area contributed by atoms with E-state index in [1.807, 2.05) is 6.07 Å². The van der Waals surface area contributed by atoms with E-state index in [0.29, 0.717) is 0 Å². The highest BCUT2D eigenvalue weighted by molar-refractivity contribution is 5.54. The number of hydrogen-bond donors (Lipinski definition) is 2. The Morgan fingerprint density at radius 3 is 2.57 bits per heavy atom. The van der Waals surface area contributed by atoms with Gasteiger partial charge in [0.05, 0.1) is 11.3 Å². The zero-order valence-corrected chi connectivity index (χ0v) is 10.8. The molecule has 0 amide bonds. The molecule has 1 aromatic heterocycles. The summed E-state index contributed by atoms with van der Waals surface area (Å²) in [5, 5.41) is 11.6. The quantitative estimate of drug-likeness (QED) is 0.911. The van der Waals surface area contributed by atoms with E-state index in [1.54, 1.807) is 0 Å². The van der Waals surface area contributed by atoms with Gasteiger partial charge in [0.25, 0.3) is 0 Å². The first-order chi connectivity index (χ1) is 9.91. The molecule has 108 valence electrons. The van der Waals surface area contributed by atoms with Gasteiger partial charge in [-0.1, -0.05) is 18.2 Å². The number of nitrogen functional groups attached to an aromatic ring is 1. The molecule has 0 fully saturated rings. The Morgan fingerprint density at radius 2 is 1.90 bits per heavy atom. The average Bonchev–Trinajstić information content (AvgIpc) is 2.45. The van der Waals surface area contributed by atoms with Crippen LogP contribution in [0.1, 0.15) is 16.8 Å². The molecule has 0 aliphatic rings. The fourth-order valence-electron chi connectivity index (χ4n) is 1.79. The summed E-state index contributed by atoms with van der Waals surface area (Å²) < 4.78 is 38.5. The monoisotopic (exact) mass is 292 g/mol. The Bertz CT molecular complexity index is 689. The molecule has 2 rings (SSSR count). The molecular formula is C14H11F3N4. The van der Waals surface area contributed by atoms with Crippen LogP contribution in [0.25, 0.3) is 0 Å². The standard InChI is InChI=1S/C14H11F3N4/c15-14(16,17)10-4-2-1-3-9(10)8-20-13-6-5-11(19)12(7-18)21-13/h1-6H,8,19H2,(H,20,21). The Morgan fingerprint density at radius 1 is 1.19 bits per heavy atom. The largest absolute Gasteiger partial charge is 0.416 e. The van der Waals surface area contributed by atoms with Crippen LogP contribution in [0.4, 0.5) is 24.7 Å². The van der Waals surface area contributed by atoms with Crippen molar-refractivity contribution in [2.45, 2.75) is 12.7 Å². The van der Waals surface area contributed by atoms with Gasteiger partial charge in [0.15, 0.2) is 5.69 Å². The molecule has 1 heterocycles. The first-order valence-electron chi connectivity index (χ1n) is 5.97. The molecule has 0 bridgehead atoms. The molecular weight excluding hydrogens is 281 g/mol. The molecule has 0 atom stereocenters. The van der Waals surface area contributed by atoms with E-state index in [4.69, 9.17) is 11.0 Å². The Labute approximate surface area is 119 Å². The smallest absolute Gasteiger partial charge is 0.396 e. The molecule has 0 spiro atoms. The van der Waals surface area contributed by atoms with E-state index in [-0.39, 0.29) is 29.3 Å². The summed E-state index contributed by atoms with van der Waals surface area (Å²) in [6.07, 6.45) is -4.41. The van der Waals surface area contributed by atoms with E-state index < -0.39 is 11.7 Å². The normalized spacial score (nSPS) is 11.0. The van der Waals surface area contributed by atoms with Gasteiger partial charge in [-0.05, 0) is 23.8 Å². The maximum absolute atomic E-state index is 12.8. The van der Waals surface area contributed by atoms with Gasteiger partial charge < -0.3 is 11.1 Å². The molecule has 0 aliphatic heterocycles. The minimum absolute atomic E-state index is 0.0316. The summed E-state index contributed by atoms with van der Waals surface area (Å²) in [7, 11) is 0. The highest BCUT2D eigenvalue weighted by Gasteiger charge is 2.32. The third kappa shape index (κ3) is 3.42. The van der Waals surface area contributed by atoms with Crippen molar-refractivity contribution in [1.29, 1.82) is 5.26 Å². The lowest BCUT2D eigenvalue weighted by Gasteiger charge is -2.13. The second-order valence-electron chi connectivity index (χ2n) is 4.25. The van der Waals surface area contributed by atoms with Crippen molar-refractivity contribution in [3.63, 3.8) is 0 Å². The summed E-state index contributed by atoms with van der Waals surface area (Å²) in [5.74, 6) is 0.290. The first kappa shape index (κ1) is 14.7. The van der Waals surface area contributed by atoms with Crippen LogP contribution in [0.3, 0.4) is 0 Å². The lowest BCUT2D eigenvalue weighted by Crippen LogP contribution is -2.12. The molecule has 1 aromatic carbocycles. The number of halogens is 3. The van der Waals surface area contributed by atoms with E-state index in [0.717, 1.165) is 6.07 Å². The molecule has 0 aliphatic carbocycles. The van der Waals surface area contributed by atoms with Gasteiger partial charge in [-0.25, -0.2) is 4.98 Å². The van der Waals surface area contributed by atoms with Crippen molar-refractivity contribution in [3.8, 4) is 6.07 Å². The van der Waals surface area contributed by atoms with Gasteiger partial charge in [-0.2, -0.15) is 18.4 Å². The molecule has 4 nitrogen and oxygen atoms in total. The second-order valence-corrected chi connectivity index (χ2v) is 4.25. The maximum atomic E-state index is 12.8. The zero-order chi connectivity index (χ0) is 15.5. The number of aromatic nitrogens is 1. The number of pyridine rings is 1. The van der Waals surface area contributed by atoms with E-state index in [2.05, 4.69) is 10.3 Å². The van der Waals surface area contributed by atoms with Crippen LogP contribution in [0, 0.1) is 11.3 Å². The first-order valence-corrected chi connectivity index (χ1v) is 5.97. The summed E-state index contributed by atoms with van der Waals surface area (Å²) in [6.45, 7) is -0.0581. The molecule has 3 N–H and O–H groups in total. The summed E-state index contributed by atoms with van der Waals surface area (Å²) in [4.78, 5) is 3.92. The van der Waals surface area contributed by atoms with Gasteiger partial charge in [-0.3, -0.25) is 0 Å². The summed E-state index contributed by atoms with van der Waals surface area (Å²) in [5.41, 5.74) is 5.18. The molecule has 0 saturated carbocycles.